The zero-order valence-electron chi connectivity index (χ0n) is 7.95. The molecule has 0 radical (unpaired) electrons. The van der Waals surface area contributed by atoms with Crippen molar-refractivity contribution < 1.29 is 26.3 Å². The number of hydrogen-bond donors (Lipinski definition) is 1. The smallest absolute Gasteiger partial charge is 0.270 e. The molecule has 9 heteroatoms. The first-order chi connectivity index (χ1) is 7.27. The summed E-state index contributed by atoms with van der Waals surface area (Å²) >= 11 is 0. The molecule has 0 spiro atoms. The summed E-state index contributed by atoms with van der Waals surface area (Å²) in [7, 11) is -3.55. The van der Waals surface area contributed by atoms with Crippen LogP contribution in [0.4, 0.5) is 13.2 Å². The van der Waals surface area contributed by atoms with E-state index < -0.39 is 38.7 Å². The summed E-state index contributed by atoms with van der Waals surface area (Å²) in [4.78, 5) is 2.83. The van der Waals surface area contributed by atoms with Crippen LogP contribution in [0.2, 0.25) is 0 Å². The molecule has 90 valence electrons. The van der Waals surface area contributed by atoms with E-state index in [9.17, 15) is 21.6 Å². The lowest BCUT2D eigenvalue weighted by atomic mass is 10.2. The minimum atomic E-state index is -4.54. The number of rotatable bonds is 3. The standard InChI is InChI=1S/C7H7F3N2O3S/c1-15-3-2-4(8)12-7(16(11,13)14)5(3)6(9)10/h2,6H,1H3,(H2,11,13,14). The molecule has 1 rings (SSSR count). The molecule has 5 nitrogen and oxygen atoms in total. The summed E-state index contributed by atoms with van der Waals surface area (Å²) < 4.78 is 64.3. The summed E-state index contributed by atoms with van der Waals surface area (Å²) in [6.45, 7) is 0. The van der Waals surface area contributed by atoms with Gasteiger partial charge in [0.1, 0.15) is 5.75 Å². The van der Waals surface area contributed by atoms with Crippen molar-refractivity contribution in [2.24, 2.45) is 5.14 Å². The average Bonchev–Trinajstić information content (AvgIpc) is 2.14. The number of nitrogens with two attached hydrogens (primary N) is 1. The Morgan fingerprint density at radius 3 is 2.44 bits per heavy atom. The van der Waals surface area contributed by atoms with Crippen molar-refractivity contribution in [3.8, 4) is 5.75 Å². The Morgan fingerprint density at radius 2 is 2.06 bits per heavy atom. The number of methoxy groups -OCH3 is 1. The van der Waals surface area contributed by atoms with Crippen molar-refractivity contribution in [2.45, 2.75) is 11.5 Å². The quantitative estimate of drug-likeness (QED) is 0.811. The van der Waals surface area contributed by atoms with Crippen LogP contribution in [0.1, 0.15) is 12.0 Å². The van der Waals surface area contributed by atoms with Crippen molar-refractivity contribution in [2.75, 3.05) is 7.11 Å². The van der Waals surface area contributed by atoms with Crippen LogP contribution in [0.3, 0.4) is 0 Å². The fourth-order valence-corrected chi connectivity index (χ4v) is 1.78. The van der Waals surface area contributed by atoms with Gasteiger partial charge in [-0.1, -0.05) is 0 Å². The van der Waals surface area contributed by atoms with Gasteiger partial charge in [-0.25, -0.2) is 27.3 Å². The Kier molecular flexibility index (Phi) is 3.38. The first-order valence-corrected chi connectivity index (χ1v) is 5.37. The van der Waals surface area contributed by atoms with Gasteiger partial charge in [-0.15, -0.1) is 0 Å². The summed E-state index contributed by atoms with van der Waals surface area (Å²) in [5.74, 6) is -1.89. The van der Waals surface area contributed by atoms with E-state index in [1.807, 2.05) is 0 Å². The van der Waals surface area contributed by atoms with E-state index in [0.717, 1.165) is 7.11 Å². The highest BCUT2D eigenvalue weighted by atomic mass is 32.2. The lowest BCUT2D eigenvalue weighted by Crippen LogP contribution is -2.18. The zero-order chi connectivity index (χ0) is 12.5. The van der Waals surface area contributed by atoms with Gasteiger partial charge in [0.2, 0.25) is 5.95 Å². The lowest BCUT2D eigenvalue weighted by Gasteiger charge is -2.10. The Morgan fingerprint density at radius 1 is 1.50 bits per heavy atom. The van der Waals surface area contributed by atoms with E-state index in [4.69, 9.17) is 0 Å². The maximum absolute atomic E-state index is 12.8. The second kappa shape index (κ2) is 4.26. The molecule has 0 fully saturated rings. The van der Waals surface area contributed by atoms with E-state index >= 15 is 0 Å². The van der Waals surface area contributed by atoms with Crippen molar-refractivity contribution in [1.82, 2.24) is 4.98 Å². The molecule has 2 N–H and O–H groups in total. The van der Waals surface area contributed by atoms with Gasteiger partial charge in [0.05, 0.1) is 12.7 Å². The minimum Gasteiger partial charge on any atom is -0.496 e. The average molecular weight is 256 g/mol. The number of pyridine rings is 1. The van der Waals surface area contributed by atoms with Gasteiger partial charge in [0.25, 0.3) is 16.4 Å². The van der Waals surface area contributed by atoms with Crippen LogP contribution < -0.4 is 9.88 Å². The number of hydrogen-bond acceptors (Lipinski definition) is 4. The number of ether oxygens (including phenoxy) is 1. The molecular formula is C7H7F3N2O3S. The molecule has 1 aromatic rings. The molecule has 0 aromatic carbocycles. The van der Waals surface area contributed by atoms with Crippen LogP contribution in [0.25, 0.3) is 0 Å². The third-order valence-corrected chi connectivity index (χ3v) is 2.51. The molecule has 1 aromatic heterocycles. The molecule has 0 unspecified atom stereocenters. The third kappa shape index (κ3) is 2.42. The van der Waals surface area contributed by atoms with E-state index in [1.165, 1.54) is 0 Å². The van der Waals surface area contributed by atoms with Crippen LogP contribution in [0, 0.1) is 5.95 Å². The van der Waals surface area contributed by atoms with Crippen LogP contribution in [0.15, 0.2) is 11.1 Å². The SMILES string of the molecule is COc1cc(F)nc(S(N)(=O)=O)c1C(F)F. The molecule has 0 amide bonds. The van der Waals surface area contributed by atoms with Crippen molar-refractivity contribution in [1.29, 1.82) is 0 Å². The molecule has 0 bridgehead atoms. The third-order valence-electron chi connectivity index (χ3n) is 1.66. The number of sulfonamides is 1. The van der Waals surface area contributed by atoms with Gasteiger partial charge in [0.15, 0.2) is 5.03 Å². The van der Waals surface area contributed by atoms with E-state index in [1.54, 1.807) is 0 Å². The van der Waals surface area contributed by atoms with Gasteiger partial charge < -0.3 is 4.74 Å². The summed E-state index contributed by atoms with van der Waals surface area (Å²) in [6.07, 6.45) is -3.20. The van der Waals surface area contributed by atoms with Crippen LogP contribution in [-0.2, 0) is 10.0 Å². The highest BCUT2D eigenvalue weighted by molar-refractivity contribution is 7.89. The highest BCUT2D eigenvalue weighted by Crippen LogP contribution is 2.33. The Labute approximate surface area is 89.1 Å². The molecular weight excluding hydrogens is 249 g/mol. The highest BCUT2D eigenvalue weighted by Gasteiger charge is 2.28. The Balaban J connectivity index is 3.64. The van der Waals surface area contributed by atoms with Crippen LogP contribution in [-0.4, -0.2) is 20.5 Å². The number of halogens is 3. The van der Waals surface area contributed by atoms with Crippen molar-refractivity contribution in [3.05, 3.63) is 17.6 Å². The van der Waals surface area contributed by atoms with Gasteiger partial charge in [-0.2, -0.15) is 4.39 Å². The maximum atomic E-state index is 12.8. The zero-order valence-corrected chi connectivity index (χ0v) is 8.76. The van der Waals surface area contributed by atoms with E-state index in [2.05, 4.69) is 14.9 Å². The molecule has 0 saturated heterocycles. The largest absolute Gasteiger partial charge is 0.496 e. The van der Waals surface area contributed by atoms with Gasteiger partial charge >= 0.3 is 0 Å². The first kappa shape index (κ1) is 12.7. The number of alkyl halides is 2. The topological polar surface area (TPSA) is 82.3 Å². The van der Waals surface area contributed by atoms with Crippen molar-refractivity contribution in [3.63, 3.8) is 0 Å². The number of primary sulfonamides is 1. The monoisotopic (exact) mass is 256 g/mol. The Hall–Kier alpha value is -1.35. The molecule has 0 aliphatic carbocycles. The predicted octanol–water partition coefficient (Wildman–Crippen LogP) is 0.814. The fraction of sp³-hybridized carbons (Fsp3) is 0.286. The molecule has 0 aliphatic heterocycles. The first-order valence-electron chi connectivity index (χ1n) is 3.82. The van der Waals surface area contributed by atoms with Gasteiger partial charge in [0, 0.05) is 6.07 Å². The van der Waals surface area contributed by atoms with Crippen LogP contribution in [0.5, 0.6) is 5.75 Å². The number of aromatic nitrogens is 1. The predicted molar refractivity (Wildman–Crippen MR) is 47.1 cm³/mol. The number of nitrogens with zero attached hydrogens (tertiary/aromatic N) is 1. The second-order valence-corrected chi connectivity index (χ2v) is 4.19. The molecule has 16 heavy (non-hydrogen) atoms. The van der Waals surface area contributed by atoms with Crippen LogP contribution >= 0.6 is 0 Å². The van der Waals surface area contributed by atoms with E-state index in [0.29, 0.717) is 6.07 Å². The second-order valence-electron chi connectivity index (χ2n) is 2.71. The van der Waals surface area contributed by atoms with Crippen molar-refractivity contribution >= 4 is 10.0 Å². The minimum absolute atomic E-state index is 0.552. The lowest BCUT2D eigenvalue weighted by molar-refractivity contribution is 0.142. The summed E-state index contributed by atoms with van der Waals surface area (Å²) in [5.41, 5.74) is -1.05. The Bertz CT molecular complexity index is 504. The summed E-state index contributed by atoms with van der Waals surface area (Å²) in [6, 6.07) is 0.552. The molecule has 0 atom stereocenters. The molecule has 1 heterocycles. The summed E-state index contributed by atoms with van der Waals surface area (Å²) in [5, 5.41) is 3.42. The molecule has 0 saturated carbocycles. The van der Waals surface area contributed by atoms with Gasteiger partial charge in [-0.3, -0.25) is 0 Å². The fourth-order valence-electron chi connectivity index (χ4n) is 1.07. The normalized spacial score (nSPS) is 11.9. The molecule has 0 aliphatic rings. The maximum Gasteiger partial charge on any atom is 0.270 e. The van der Waals surface area contributed by atoms with Gasteiger partial charge in [-0.05, 0) is 0 Å². The van der Waals surface area contributed by atoms with E-state index in [-0.39, 0.29) is 0 Å².